The number of primary amides is 1. The van der Waals surface area contributed by atoms with Gasteiger partial charge in [0.15, 0.2) is 0 Å². The maximum absolute atomic E-state index is 11.4. The first kappa shape index (κ1) is 16.6. The van der Waals surface area contributed by atoms with Crippen LogP contribution in [-0.2, 0) is 24.0 Å². The van der Waals surface area contributed by atoms with E-state index in [1.807, 2.05) is 0 Å². The van der Waals surface area contributed by atoms with Crippen LogP contribution in [0.3, 0.4) is 0 Å². The molecule has 1 unspecified atom stereocenters. The Kier molecular flexibility index (Phi) is 8.41. The van der Waals surface area contributed by atoms with Crippen molar-refractivity contribution in [2.24, 2.45) is 5.73 Å². The Labute approximate surface area is 108 Å². The highest BCUT2D eigenvalue weighted by molar-refractivity contribution is 5.85. The van der Waals surface area contributed by atoms with Gasteiger partial charge in [-0.3, -0.25) is 9.59 Å². The molecule has 2 amide bonds. The first-order chi connectivity index (χ1) is 8.97. The summed E-state index contributed by atoms with van der Waals surface area (Å²) in [6.45, 7) is -0.0996. The van der Waals surface area contributed by atoms with Crippen molar-refractivity contribution in [2.45, 2.75) is 25.3 Å². The van der Waals surface area contributed by atoms with Gasteiger partial charge in [-0.25, -0.2) is 4.79 Å². The second-order valence-corrected chi connectivity index (χ2v) is 3.44. The summed E-state index contributed by atoms with van der Waals surface area (Å²) in [5.74, 6) is -1.54. The van der Waals surface area contributed by atoms with E-state index in [9.17, 15) is 24.5 Å². The average molecular weight is 277 g/mol. The first-order valence-electron chi connectivity index (χ1n) is 5.39. The van der Waals surface area contributed by atoms with Crippen LogP contribution >= 0.6 is 0 Å². The Hall–Kier alpha value is -2.39. The quantitative estimate of drug-likeness (QED) is 0.153. The maximum atomic E-state index is 11.4. The van der Waals surface area contributed by atoms with E-state index in [1.165, 1.54) is 0 Å². The van der Waals surface area contributed by atoms with Gasteiger partial charge >= 0.3 is 5.97 Å². The number of carbonyl (C=O) groups is 3. The minimum atomic E-state index is -1.12. The lowest BCUT2D eigenvalue weighted by Gasteiger charge is -2.13. The molecule has 0 radical (unpaired) electrons. The molecule has 19 heavy (non-hydrogen) atoms. The summed E-state index contributed by atoms with van der Waals surface area (Å²) in [6.07, 6.45) is 0.585. The number of ether oxygens (including phenoxy) is 1. The van der Waals surface area contributed by atoms with Gasteiger partial charge in [-0.2, -0.15) is 0 Å². The van der Waals surface area contributed by atoms with E-state index in [0.717, 1.165) is 0 Å². The zero-order chi connectivity index (χ0) is 14.7. The number of esters is 1. The fraction of sp³-hybridized carbons (Fsp3) is 0.667. The lowest BCUT2D eigenvalue weighted by atomic mass is 10.2. The Balaban J connectivity index is 3.83. The molecule has 0 fully saturated rings. The third kappa shape index (κ3) is 9.32. The predicted octanol–water partition coefficient (Wildman–Crippen LogP) is -1.49. The van der Waals surface area contributed by atoms with Crippen molar-refractivity contribution in [3.63, 3.8) is 0 Å². The van der Waals surface area contributed by atoms with Gasteiger partial charge < -0.3 is 20.6 Å². The summed E-state index contributed by atoms with van der Waals surface area (Å²) >= 11 is 0. The van der Waals surface area contributed by atoms with E-state index in [1.54, 1.807) is 0 Å². The zero-order valence-corrected chi connectivity index (χ0v) is 10.1. The molecule has 0 aliphatic carbocycles. The third-order valence-electron chi connectivity index (χ3n) is 1.94. The molecule has 10 nitrogen and oxygen atoms in total. The van der Waals surface area contributed by atoms with Crippen molar-refractivity contribution in [1.29, 1.82) is 0 Å². The molecule has 0 saturated carbocycles. The van der Waals surface area contributed by atoms with E-state index >= 15 is 0 Å². The lowest BCUT2D eigenvalue weighted by molar-refractivity contribution is -0.757. The predicted molar refractivity (Wildman–Crippen MR) is 59.9 cm³/mol. The van der Waals surface area contributed by atoms with Crippen molar-refractivity contribution in [1.82, 2.24) is 5.32 Å². The third-order valence-corrected chi connectivity index (χ3v) is 1.94. The van der Waals surface area contributed by atoms with E-state index in [-0.39, 0.29) is 26.0 Å². The van der Waals surface area contributed by atoms with Gasteiger partial charge in [0.2, 0.25) is 12.3 Å². The molecule has 0 aromatic rings. The fourth-order valence-corrected chi connectivity index (χ4v) is 1.11. The smallest absolute Gasteiger partial charge is 0.329 e. The average Bonchev–Trinajstić information content (AvgIpc) is 2.31. The summed E-state index contributed by atoms with van der Waals surface area (Å²) in [6, 6.07) is -1.12. The van der Waals surface area contributed by atoms with Crippen molar-refractivity contribution in [3.8, 4) is 0 Å². The number of hydrogen-bond acceptors (Lipinski definition) is 7. The van der Waals surface area contributed by atoms with E-state index in [0.29, 0.717) is 12.8 Å². The number of nitrogens with two attached hydrogens (primary N) is 1. The minimum absolute atomic E-state index is 0.00426. The van der Waals surface area contributed by atoms with Crippen LogP contribution in [0.1, 0.15) is 19.3 Å². The van der Waals surface area contributed by atoms with Crippen LogP contribution in [0.15, 0.2) is 0 Å². The molecule has 0 aromatic carbocycles. The molecule has 108 valence electrons. The number of nitrogens with zero attached hydrogens (tertiary/aromatic N) is 1. The maximum Gasteiger partial charge on any atom is 0.329 e. The largest absolute Gasteiger partial charge is 0.464 e. The van der Waals surface area contributed by atoms with E-state index in [4.69, 9.17) is 10.5 Å². The summed E-state index contributed by atoms with van der Waals surface area (Å²) in [7, 11) is 0. The first-order valence-corrected chi connectivity index (χ1v) is 5.39. The number of carbonyl (C=O) groups excluding carboxylic acids is 3. The Morgan fingerprint density at radius 3 is 2.53 bits per heavy atom. The second kappa shape index (κ2) is 9.62. The van der Waals surface area contributed by atoms with Crippen LogP contribution in [0.2, 0.25) is 0 Å². The Morgan fingerprint density at radius 2 is 2.00 bits per heavy atom. The number of unbranched alkanes of at least 4 members (excludes halogenated alkanes) is 1. The molecule has 1 atom stereocenters. The van der Waals surface area contributed by atoms with Crippen molar-refractivity contribution >= 4 is 18.3 Å². The highest BCUT2D eigenvalue weighted by atomic mass is 16.9. The van der Waals surface area contributed by atoms with Gasteiger partial charge in [-0.1, -0.05) is 0 Å². The molecule has 0 saturated heterocycles. The molecule has 0 aliphatic heterocycles. The Morgan fingerprint density at radius 1 is 1.37 bits per heavy atom. The fourth-order valence-electron chi connectivity index (χ4n) is 1.11. The van der Waals surface area contributed by atoms with Gasteiger partial charge in [-0.15, -0.1) is 10.1 Å². The zero-order valence-electron chi connectivity index (χ0n) is 10.1. The van der Waals surface area contributed by atoms with Gasteiger partial charge in [0.25, 0.3) is 5.09 Å². The highest BCUT2D eigenvalue weighted by Gasteiger charge is 2.21. The standard InChI is InChI=1S/C9H15N3O7/c10-8(14)5-7(11-6-13)9(15)18-3-1-2-4-19-12(16)17/h6-7H,1-5H2,(H2,10,14)(H,11,13). The van der Waals surface area contributed by atoms with Gasteiger partial charge in [0, 0.05) is 0 Å². The summed E-state index contributed by atoms with van der Waals surface area (Å²) < 4.78 is 4.77. The number of amides is 2. The van der Waals surface area contributed by atoms with E-state index in [2.05, 4.69) is 10.2 Å². The van der Waals surface area contributed by atoms with Gasteiger partial charge in [0.05, 0.1) is 19.6 Å². The molecule has 0 aromatic heterocycles. The van der Waals surface area contributed by atoms with Crippen molar-refractivity contribution < 1.29 is 29.0 Å². The topological polar surface area (TPSA) is 151 Å². The number of rotatable bonds is 11. The monoisotopic (exact) mass is 277 g/mol. The summed E-state index contributed by atoms with van der Waals surface area (Å²) in [4.78, 5) is 46.2. The minimum Gasteiger partial charge on any atom is -0.464 e. The molecule has 10 heteroatoms. The van der Waals surface area contributed by atoms with Crippen LogP contribution in [-0.4, -0.2) is 42.6 Å². The molecular formula is C9H15N3O7. The Bertz CT molecular complexity index is 334. The molecule has 0 heterocycles. The van der Waals surface area contributed by atoms with Crippen LogP contribution < -0.4 is 11.1 Å². The van der Waals surface area contributed by atoms with Crippen LogP contribution in [0.25, 0.3) is 0 Å². The summed E-state index contributed by atoms with van der Waals surface area (Å²) in [5, 5.41) is 11.0. The SMILES string of the molecule is NC(=O)CC(NC=O)C(=O)OCCCCO[N+](=O)[O-]. The highest BCUT2D eigenvalue weighted by Crippen LogP contribution is 1.98. The van der Waals surface area contributed by atoms with E-state index < -0.39 is 23.0 Å². The van der Waals surface area contributed by atoms with Crippen LogP contribution in [0.4, 0.5) is 0 Å². The lowest BCUT2D eigenvalue weighted by Crippen LogP contribution is -2.40. The molecule has 0 aliphatic rings. The molecule has 3 N–H and O–H groups in total. The van der Waals surface area contributed by atoms with Crippen molar-refractivity contribution in [2.75, 3.05) is 13.2 Å². The van der Waals surface area contributed by atoms with Crippen molar-refractivity contribution in [3.05, 3.63) is 10.1 Å². The molecular weight excluding hydrogens is 262 g/mol. The van der Waals surface area contributed by atoms with Gasteiger partial charge in [0.1, 0.15) is 6.04 Å². The van der Waals surface area contributed by atoms with Crippen LogP contribution in [0.5, 0.6) is 0 Å². The van der Waals surface area contributed by atoms with Crippen LogP contribution in [0, 0.1) is 10.1 Å². The second-order valence-electron chi connectivity index (χ2n) is 3.44. The van der Waals surface area contributed by atoms with Gasteiger partial charge in [-0.05, 0) is 12.8 Å². The number of nitrogens with one attached hydrogen (secondary N) is 1. The number of hydrogen-bond donors (Lipinski definition) is 2. The molecule has 0 spiro atoms. The normalized spacial score (nSPS) is 11.2. The molecule has 0 rings (SSSR count). The molecule has 0 bridgehead atoms. The summed E-state index contributed by atoms with van der Waals surface area (Å²) in [5.41, 5.74) is 4.90.